The molecule has 0 radical (unpaired) electrons. The van der Waals surface area contributed by atoms with Gasteiger partial charge in [-0.2, -0.15) is 13.2 Å². The van der Waals surface area contributed by atoms with Crippen LogP contribution in [-0.4, -0.2) is 43.2 Å². The van der Waals surface area contributed by atoms with Gasteiger partial charge >= 0.3 is 6.18 Å². The number of hydrogen-bond donors (Lipinski definition) is 1. The second-order valence-electron chi connectivity index (χ2n) is 5.85. The number of amides is 1. The van der Waals surface area contributed by atoms with Gasteiger partial charge in [0.15, 0.2) is 0 Å². The monoisotopic (exact) mass is 330 g/mol. The Hall–Kier alpha value is -1.76. The Morgan fingerprint density at radius 2 is 2.09 bits per heavy atom. The minimum Gasteiger partial charge on any atom is -0.387 e. The summed E-state index contributed by atoms with van der Waals surface area (Å²) in [7, 11) is 1.58. The van der Waals surface area contributed by atoms with Crippen LogP contribution >= 0.6 is 0 Å². The van der Waals surface area contributed by atoms with Gasteiger partial charge in [-0.25, -0.2) is 0 Å². The van der Waals surface area contributed by atoms with Crippen LogP contribution in [0.25, 0.3) is 0 Å². The first-order valence-corrected chi connectivity index (χ1v) is 7.56. The molecule has 1 amide bonds. The fourth-order valence-corrected chi connectivity index (χ4v) is 2.69. The molecule has 0 spiro atoms. The molecule has 1 aliphatic heterocycles. The third-order valence-electron chi connectivity index (χ3n) is 3.74. The van der Waals surface area contributed by atoms with Crippen molar-refractivity contribution in [3.63, 3.8) is 0 Å². The molecule has 128 valence electrons. The van der Waals surface area contributed by atoms with Crippen LogP contribution in [0.1, 0.15) is 36.2 Å². The maximum Gasteiger partial charge on any atom is 0.416 e. The average Bonchev–Trinajstić information content (AvgIpc) is 2.92. The van der Waals surface area contributed by atoms with E-state index in [1.807, 2.05) is 13.8 Å². The van der Waals surface area contributed by atoms with Gasteiger partial charge in [0, 0.05) is 25.8 Å². The van der Waals surface area contributed by atoms with Crippen molar-refractivity contribution in [1.29, 1.82) is 0 Å². The summed E-state index contributed by atoms with van der Waals surface area (Å²) in [5, 5.41) is 2.78. The lowest BCUT2D eigenvalue weighted by Crippen LogP contribution is -2.31. The van der Waals surface area contributed by atoms with Crippen LogP contribution in [0.4, 0.5) is 18.9 Å². The van der Waals surface area contributed by atoms with Gasteiger partial charge in [0.25, 0.3) is 5.91 Å². The zero-order chi connectivity index (χ0) is 17.2. The number of carbonyl (C=O) groups excluding carboxylic acids is 1. The molecule has 0 bridgehead atoms. The maximum atomic E-state index is 12.9. The van der Waals surface area contributed by atoms with Crippen molar-refractivity contribution >= 4 is 11.6 Å². The minimum atomic E-state index is -4.48. The summed E-state index contributed by atoms with van der Waals surface area (Å²) >= 11 is 0. The van der Waals surface area contributed by atoms with Crippen molar-refractivity contribution in [2.24, 2.45) is 0 Å². The molecular formula is C16H21F3N2O2. The number of likely N-dealkylation sites (tertiary alicyclic amines) is 1. The summed E-state index contributed by atoms with van der Waals surface area (Å²) in [6.07, 6.45) is -3.80. The molecule has 1 aromatic rings. The number of benzene rings is 1. The van der Waals surface area contributed by atoms with Crippen LogP contribution in [0, 0.1) is 0 Å². The lowest BCUT2D eigenvalue weighted by molar-refractivity contribution is -0.137. The number of hydrogen-bond acceptors (Lipinski definition) is 3. The smallest absolute Gasteiger partial charge is 0.387 e. The molecule has 1 atom stereocenters. The molecular weight excluding hydrogens is 309 g/mol. The highest BCUT2D eigenvalue weighted by atomic mass is 19.4. The summed E-state index contributed by atoms with van der Waals surface area (Å²) in [5.41, 5.74) is -0.405. The summed E-state index contributed by atoms with van der Waals surface area (Å²) in [6.45, 7) is 4.71. The number of nitrogens with zero attached hydrogens (tertiary/aromatic N) is 1. The van der Waals surface area contributed by atoms with E-state index in [2.05, 4.69) is 5.32 Å². The Morgan fingerprint density at radius 1 is 1.39 bits per heavy atom. The summed E-state index contributed by atoms with van der Waals surface area (Å²) in [4.78, 5) is 14.1. The number of halogens is 3. The van der Waals surface area contributed by atoms with E-state index in [1.54, 1.807) is 11.9 Å². The number of nitrogens with one attached hydrogen (secondary N) is 1. The third-order valence-corrected chi connectivity index (χ3v) is 3.74. The Kier molecular flexibility index (Phi) is 5.19. The predicted molar refractivity (Wildman–Crippen MR) is 81.5 cm³/mol. The molecule has 23 heavy (non-hydrogen) atoms. The largest absolute Gasteiger partial charge is 0.416 e. The molecule has 1 aromatic carbocycles. The van der Waals surface area contributed by atoms with E-state index < -0.39 is 17.6 Å². The van der Waals surface area contributed by atoms with Crippen molar-refractivity contribution in [1.82, 2.24) is 4.90 Å². The van der Waals surface area contributed by atoms with E-state index in [4.69, 9.17) is 4.74 Å². The second-order valence-corrected chi connectivity index (χ2v) is 5.85. The zero-order valence-electron chi connectivity index (χ0n) is 13.4. The van der Waals surface area contributed by atoms with E-state index in [1.165, 1.54) is 6.07 Å². The maximum absolute atomic E-state index is 12.9. The van der Waals surface area contributed by atoms with Crippen LogP contribution < -0.4 is 5.32 Å². The third kappa shape index (κ3) is 4.16. The first-order chi connectivity index (χ1) is 10.7. The van der Waals surface area contributed by atoms with Crippen LogP contribution in [-0.2, 0) is 10.9 Å². The topological polar surface area (TPSA) is 41.6 Å². The first-order valence-electron chi connectivity index (χ1n) is 7.56. The van der Waals surface area contributed by atoms with Crippen molar-refractivity contribution in [3.8, 4) is 0 Å². The lowest BCUT2D eigenvalue weighted by atomic mass is 10.1. The van der Waals surface area contributed by atoms with E-state index >= 15 is 0 Å². The molecule has 2 rings (SSSR count). The molecule has 0 aliphatic carbocycles. The van der Waals surface area contributed by atoms with E-state index in [9.17, 15) is 18.0 Å². The van der Waals surface area contributed by atoms with Crippen molar-refractivity contribution in [2.75, 3.05) is 25.5 Å². The van der Waals surface area contributed by atoms with Gasteiger partial charge in [-0.15, -0.1) is 0 Å². The van der Waals surface area contributed by atoms with Gasteiger partial charge in [-0.3, -0.25) is 4.79 Å². The van der Waals surface area contributed by atoms with E-state index in [0.29, 0.717) is 25.2 Å². The van der Waals surface area contributed by atoms with Gasteiger partial charge in [-0.1, -0.05) is 0 Å². The van der Waals surface area contributed by atoms with Crippen molar-refractivity contribution in [3.05, 3.63) is 29.3 Å². The van der Waals surface area contributed by atoms with Crippen molar-refractivity contribution < 1.29 is 22.7 Å². The van der Waals surface area contributed by atoms with Gasteiger partial charge in [0.05, 0.1) is 23.3 Å². The Bertz CT molecular complexity index is 573. The van der Waals surface area contributed by atoms with E-state index in [0.717, 1.165) is 12.1 Å². The standard InChI is InChI=1S/C16H21F3N2O2/c1-10(2)23-12-6-7-21(9-12)15(22)13-8-11(16(17,18)19)4-5-14(13)20-3/h4-5,8,10,12,20H,6-7,9H2,1-3H3/t12-/m1/s1. The Balaban J connectivity index is 2.22. The minimum absolute atomic E-state index is 0.0347. The summed E-state index contributed by atoms with van der Waals surface area (Å²) in [5.74, 6) is -0.407. The molecule has 1 saturated heterocycles. The Morgan fingerprint density at radius 3 is 2.65 bits per heavy atom. The molecule has 7 heteroatoms. The number of rotatable bonds is 4. The normalized spacial score (nSPS) is 18.6. The van der Waals surface area contributed by atoms with Gasteiger partial charge in [-0.05, 0) is 38.5 Å². The van der Waals surface area contributed by atoms with E-state index in [-0.39, 0.29) is 17.8 Å². The zero-order valence-corrected chi connectivity index (χ0v) is 13.4. The summed E-state index contributed by atoms with van der Waals surface area (Å²) in [6, 6.07) is 3.16. The molecule has 1 heterocycles. The van der Waals surface area contributed by atoms with Crippen molar-refractivity contribution in [2.45, 2.75) is 38.7 Å². The molecule has 1 N–H and O–H groups in total. The lowest BCUT2D eigenvalue weighted by Gasteiger charge is -2.20. The molecule has 1 aliphatic rings. The predicted octanol–water partition coefficient (Wildman–Crippen LogP) is 3.39. The first kappa shape index (κ1) is 17.6. The van der Waals surface area contributed by atoms with Gasteiger partial charge < -0.3 is 15.0 Å². The fourth-order valence-electron chi connectivity index (χ4n) is 2.69. The van der Waals surface area contributed by atoms with Crippen LogP contribution in [0.15, 0.2) is 18.2 Å². The average molecular weight is 330 g/mol. The molecule has 0 saturated carbocycles. The van der Waals surface area contributed by atoms with Gasteiger partial charge in [0.1, 0.15) is 0 Å². The molecule has 1 fully saturated rings. The quantitative estimate of drug-likeness (QED) is 0.920. The highest BCUT2D eigenvalue weighted by Gasteiger charge is 2.34. The molecule has 4 nitrogen and oxygen atoms in total. The highest BCUT2D eigenvalue weighted by molar-refractivity contribution is 6.00. The number of anilines is 1. The van der Waals surface area contributed by atoms with Crippen LogP contribution in [0.3, 0.4) is 0 Å². The summed E-state index contributed by atoms with van der Waals surface area (Å²) < 4.78 is 44.3. The molecule has 0 aromatic heterocycles. The fraction of sp³-hybridized carbons (Fsp3) is 0.562. The number of alkyl halides is 3. The van der Waals surface area contributed by atoms with Gasteiger partial charge in [0.2, 0.25) is 0 Å². The second kappa shape index (κ2) is 6.78. The molecule has 0 unspecified atom stereocenters. The van der Waals surface area contributed by atoms with Crippen LogP contribution in [0.2, 0.25) is 0 Å². The van der Waals surface area contributed by atoms with Crippen LogP contribution in [0.5, 0.6) is 0 Å². The highest BCUT2D eigenvalue weighted by Crippen LogP contribution is 2.32. The SMILES string of the molecule is CNc1ccc(C(F)(F)F)cc1C(=O)N1CC[C@@H](OC(C)C)C1. The Labute approximate surface area is 133 Å². The number of carbonyl (C=O) groups is 1. The number of ether oxygens (including phenoxy) is 1.